The molecular formula is C18H18ClN5O. The Hall–Kier alpha value is -2.86. The van der Waals surface area contributed by atoms with Gasteiger partial charge in [0.15, 0.2) is 0 Å². The summed E-state index contributed by atoms with van der Waals surface area (Å²) in [4.78, 5) is 15.4. The average molecular weight is 356 g/mol. The molecule has 25 heavy (non-hydrogen) atoms. The van der Waals surface area contributed by atoms with Crippen LogP contribution in [0.2, 0.25) is 5.02 Å². The molecule has 7 heteroatoms. The van der Waals surface area contributed by atoms with E-state index >= 15 is 0 Å². The molecule has 0 aliphatic rings. The van der Waals surface area contributed by atoms with Gasteiger partial charge in [-0.3, -0.25) is 4.79 Å². The van der Waals surface area contributed by atoms with Crippen molar-refractivity contribution in [3.63, 3.8) is 0 Å². The van der Waals surface area contributed by atoms with Gasteiger partial charge in [0.25, 0.3) is 0 Å². The highest BCUT2D eigenvalue weighted by atomic mass is 35.5. The summed E-state index contributed by atoms with van der Waals surface area (Å²) < 4.78 is 1.87. The van der Waals surface area contributed by atoms with Crippen molar-refractivity contribution in [3.05, 3.63) is 64.1 Å². The van der Waals surface area contributed by atoms with Gasteiger partial charge in [-0.25, -0.2) is 9.67 Å². The molecule has 0 spiro atoms. The smallest absolute Gasteiger partial charge is 0.250 e. The third-order valence-corrected chi connectivity index (χ3v) is 4.27. The fraction of sp³-hybridized carbons (Fsp3) is 0.167. The number of halogens is 1. The summed E-state index contributed by atoms with van der Waals surface area (Å²) in [5, 5.41) is 7.94. The van der Waals surface area contributed by atoms with Crippen molar-refractivity contribution in [2.24, 2.45) is 5.73 Å². The van der Waals surface area contributed by atoms with Gasteiger partial charge in [0.1, 0.15) is 5.82 Å². The summed E-state index contributed by atoms with van der Waals surface area (Å²) in [6.07, 6.45) is 3.11. The molecule has 2 heterocycles. The molecule has 0 unspecified atom stereocenters. The van der Waals surface area contributed by atoms with Gasteiger partial charge in [0.05, 0.1) is 33.9 Å². The molecule has 2 aromatic heterocycles. The van der Waals surface area contributed by atoms with Crippen LogP contribution < -0.4 is 11.1 Å². The molecule has 3 aromatic rings. The molecule has 0 saturated carbocycles. The summed E-state index contributed by atoms with van der Waals surface area (Å²) in [6.45, 7) is 6.05. The molecule has 3 N–H and O–H groups in total. The zero-order chi connectivity index (χ0) is 18.1. The molecular weight excluding hydrogens is 338 g/mol. The van der Waals surface area contributed by atoms with Gasteiger partial charge in [-0.2, -0.15) is 5.10 Å². The number of primary amides is 1. The Bertz CT molecular complexity index is 964. The lowest BCUT2D eigenvalue weighted by atomic mass is 10.1. The van der Waals surface area contributed by atoms with Crippen LogP contribution in [0.5, 0.6) is 0 Å². The van der Waals surface area contributed by atoms with Crippen molar-refractivity contribution in [1.29, 1.82) is 0 Å². The van der Waals surface area contributed by atoms with Crippen LogP contribution in [-0.2, 0) is 0 Å². The van der Waals surface area contributed by atoms with Gasteiger partial charge in [-0.15, -0.1) is 0 Å². The van der Waals surface area contributed by atoms with Gasteiger partial charge >= 0.3 is 0 Å². The number of carbonyl (C=O) groups excluding carboxylic acids is 1. The Morgan fingerprint density at radius 3 is 2.64 bits per heavy atom. The summed E-state index contributed by atoms with van der Waals surface area (Å²) >= 11 is 6.19. The quantitative estimate of drug-likeness (QED) is 0.747. The Balaban J connectivity index is 1.94. The minimum atomic E-state index is -0.570. The summed E-state index contributed by atoms with van der Waals surface area (Å²) in [5.41, 5.74) is 10.5. The number of hydrogen-bond acceptors (Lipinski definition) is 4. The van der Waals surface area contributed by atoms with E-state index in [1.807, 2.05) is 25.5 Å². The number of carbonyl (C=O) groups is 1. The monoisotopic (exact) mass is 355 g/mol. The minimum absolute atomic E-state index is 0.262. The highest BCUT2D eigenvalue weighted by molar-refractivity contribution is 6.33. The van der Waals surface area contributed by atoms with E-state index in [0.29, 0.717) is 10.8 Å². The van der Waals surface area contributed by atoms with Crippen molar-refractivity contribution >= 4 is 29.0 Å². The number of amides is 1. The van der Waals surface area contributed by atoms with Gasteiger partial charge in [0.2, 0.25) is 5.91 Å². The topological polar surface area (TPSA) is 85.8 Å². The third kappa shape index (κ3) is 3.34. The molecule has 1 amide bonds. The maximum Gasteiger partial charge on any atom is 0.250 e. The molecule has 0 radical (unpaired) electrons. The number of pyridine rings is 1. The number of aromatic nitrogens is 3. The van der Waals surface area contributed by atoms with Crippen LogP contribution in [0.1, 0.15) is 27.2 Å². The zero-order valence-corrected chi connectivity index (χ0v) is 14.9. The first-order valence-electron chi connectivity index (χ1n) is 7.71. The van der Waals surface area contributed by atoms with Crippen LogP contribution in [0.15, 0.2) is 36.7 Å². The summed E-state index contributed by atoms with van der Waals surface area (Å²) in [6, 6.07) is 7.72. The lowest BCUT2D eigenvalue weighted by Gasteiger charge is -2.11. The number of benzene rings is 1. The molecule has 0 atom stereocenters. The number of nitrogens with zero attached hydrogens (tertiary/aromatic N) is 3. The first kappa shape index (κ1) is 17.0. The van der Waals surface area contributed by atoms with Crippen LogP contribution in [0.4, 0.5) is 11.5 Å². The Kier molecular flexibility index (Phi) is 4.46. The highest BCUT2D eigenvalue weighted by Gasteiger charge is 2.13. The maximum absolute atomic E-state index is 11.2. The normalized spacial score (nSPS) is 10.7. The van der Waals surface area contributed by atoms with Crippen molar-refractivity contribution in [2.75, 3.05) is 5.32 Å². The van der Waals surface area contributed by atoms with Gasteiger partial charge in [0, 0.05) is 6.20 Å². The van der Waals surface area contributed by atoms with Gasteiger partial charge < -0.3 is 11.1 Å². The van der Waals surface area contributed by atoms with E-state index in [4.69, 9.17) is 17.3 Å². The third-order valence-electron chi connectivity index (χ3n) is 3.98. The lowest BCUT2D eigenvalue weighted by molar-refractivity contribution is 0.1000. The molecule has 0 fully saturated rings. The number of aryl methyl sites for hydroxylation is 2. The predicted molar refractivity (Wildman–Crippen MR) is 98.8 cm³/mol. The van der Waals surface area contributed by atoms with Gasteiger partial charge in [-0.1, -0.05) is 23.7 Å². The molecule has 128 valence electrons. The molecule has 0 aliphatic carbocycles. The largest absolute Gasteiger partial charge is 0.366 e. The molecule has 0 aliphatic heterocycles. The maximum atomic E-state index is 11.2. The van der Waals surface area contributed by atoms with Crippen LogP contribution in [-0.4, -0.2) is 20.7 Å². The lowest BCUT2D eigenvalue weighted by Crippen LogP contribution is -2.11. The fourth-order valence-electron chi connectivity index (χ4n) is 2.52. The Morgan fingerprint density at radius 1 is 1.20 bits per heavy atom. The Labute approximate surface area is 150 Å². The van der Waals surface area contributed by atoms with E-state index in [1.54, 1.807) is 6.20 Å². The van der Waals surface area contributed by atoms with Crippen LogP contribution in [0.25, 0.3) is 5.69 Å². The first-order chi connectivity index (χ1) is 11.9. The van der Waals surface area contributed by atoms with E-state index in [9.17, 15) is 4.79 Å². The van der Waals surface area contributed by atoms with Crippen LogP contribution >= 0.6 is 11.6 Å². The number of anilines is 2. The number of rotatable bonds is 4. The van der Waals surface area contributed by atoms with E-state index in [-0.39, 0.29) is 5.56 Å². The number of hydrogen-bond donors (Lipinski definition) is 2. The molecule has 6 nitrogen and oxygen atoms in total. The summed E-state index contributed by atoms with van der Waals surface area (Å²) in [7, 11) is 0. The SMILES string of the molecule is Cc1ccc(C)c(-n2ncc(Nc3ncc(C(N)=O)cc3Cl)c2C)c1. The van der Waals surface area contributed by atoms with Crippen LogP contribution in [0.3, 0.4) is 0 Å². The molecule has 0 bridgehead atoms. The molecule has 3 rings (SSSR count). The second-order valence-electron chi connectivity index (χ2n) is 5.89. The first-order valence-corrected chi connectivity index (χ1v) is 8.09. The van der Waals surface area contributed by atoms with Crippen molar-refractivity contribution < 1.29 is 4.79 Å². The van der Waals surface area contributed by atoms with E-state index in [1.165, 1.54) is 12.3 Å². The minimum Gasteiger partial charge on any atom is -0.366 e. The molecule has 0 saturated heterocycles. The number of nitrogens with one attached hydrogen (secondary N) is 1. The second-order valence-corrected chi connectivity index (χ2v) is 6.30. The van der Waals surface area contributed by atoms with E-state index < -0.39 is 5.91 Å². The van der Waals surface area contributed by atoms with Crippen molar-refractivity contribution in [1.82, 2.24) is 14.8 Å². The predicted octanol–water partition coefficient (Wildman–Crippen LogP) is 3.69. The standard InChI is InChI=1S/C18H18ClN5O/c1-10-4-5-11(2)16(6-10)24-12(3)15(9-22-24)23-18-14(19)7-13(8-21-18)17(20)25/h4-9H,1-3H3,(H2,20,25)(H,21,23). The Morgan fingerprint density at radius 2 is 1.96 bits per heavy atom. The number of nitrogens with two attached hydrogens (primary N) is 1. The van der Waals surface area contributed by atoms with E-state index in [2.05, 4.69) is 33.6 Å². The zero-order valence-electron chi connectivity index (χ0n) is 14.2. The van der Waals surface area contributed by atoms with Gasteiger partial charge in [-0.05, 0) is 44.0 Å². The van der Waals surface area contributed by atoms with Crippen LogP contribution in [0, 0.1) is 20.8 Å². The van der Waals surface area contributed by atoms with Crippen molar-refractivity contribution in [3.8, 4) is 5.69 Å². The summed E-state index contributed by atoms with van der Waals surface area (Å²) in [5.74, 6) is -0.129. The highest BCUT2D eigenvalue weighted by Crippen LogP contribution is 2.27. The van der Waals surface area contributed by atoms with E-state index in [0.717, 1.165) is 28.2 Å². The fourth-order valence-corrected chi connectivity index (χ4v) is 2.73. The second kappa shape index (κ2) is 6.57. The van der Waals surface area contributed by atoms with Crippen molar-refractivity contribution in [2.45, 2.75) is 20.8 Å². The molecule has 1 aromatic carbocycles. The average Bonchev–Trinajstić information content (AvgIpc) is 2.92.